The Kier molecular flexibility index (Phi) is 3.95. The Labute approximate surface area is 131 Å². The minimum absolute atomic E-state index is 0.0276. The molecule has 0 aromatic carbocycles. The first-order valence-corrected chi connectivity index (χ1v) is 7.43. The number of fused-ring (bicyclic) bond motifs is 2. The molecule has 0 amide bonds. The monoisotopic (exact) mass is 330 g/mol. The Balaban J connectivity index is 1.69. The first-order valence-electron chi connectivity index (χ1n) is 7.43. The molecule has 2 fully saturated rings. The number of nitrogens with one attached hydrogen (secondary N) is 1. The number of halogens is 3. The van der Waals surface area contributed by atoms with Crippen molar-refractivity contribution in [3.05, 3.63) is 23.9 Å². The molecule has 0 saturated carbocycles. The van der Waals surface area contributed by atoms with Gasteiger partial charge in [0.1, 0.15) is 6.10 Å². The zero-order valence-electron chi connectivity index (χ0n) is 12.5. The van der Waals surface area contributed by atoms with Crippen molar-refractivity contribution in [1.82, 2.24) is 10.3 Å². The molecule has 2 bridgehead atoms. The molecule has 0 radical (unpaired) electrons. The van der Waals surface area contributed by atoms with Gasteiger partial charge in [0.25, 0.3) is 0 Å². The highest BCUT2D eigenvalue weighted by atomic mass is 19.4. The number of aromatic nitrogens is 1. The average Bonchev–Trinajstić information content (AvgIpc) is 2.75. The lowest BCUT2D eigenvalue weighted by Gasteiger charge is -2.38. The number of ether oxygens (including phenoxy) is 2. The Morgan fingerprint density at radius 2 is 2.22 bits per heavy atom. The van der Waals surface area contributed by atoms with Crippen molar-refractivity contribution in [2.45, 2.75) is 56.7 Å². The summed E-state index contributed by atoms with van der Waals surface area (Å²) in [5.41, 5.74) is -0.316. The predicted molar refractivity (Wildman–Crippen MR) is 73.7 cm³/mol. The Morgan fingerprint density at radius 3 is 2.87 bits per heavy atom. The summed E-state index contributed by atoms with van der Waals surface area (Å²) in [5, 5.41) is 2.99. The number of alkyl halides is 3. The van der Waals surface area contributed by atoms with E-state index in [0.29, 0.717) is 25.1 Å². The minimum atomic E-state index is -5.00. The van der Waals surface area contributed by atoms with Gasteiger partial charge in [0.2, 0.25) is 5.88 Å². The van der Waals surface area contributed by atoms with E-state index in [1.165, 1.54) is 0 Å². The summed E-state index contributed by atoms with van der Waals surface area (Å²) < 4.78 is 47.9. The van der Waals surface area contributed by atoms with Crippen molar-refractivity contribution in [1.29, 1.82) is 0 Å². The smallest absolute Gasteiger partial charge is 0.474 e. The molecular formula is C15H17F3N2O3. The van der Waals surface area contributed by atoms with Gasteiger partial charge < -0.3 is 9.47 Å². The van der Waals surface area contributed by atoms with Crippen molar-refractivity contribution in [2.24, 2.45) is 0 Å². The first-order chi connectivity index (χ1) is 10.8. The van der Waals surface area contributed by atoms with Gasteiger partial charge in [0.05, 0.1) is 0 Å². The van der Waals surface area contributed by atoms with Crippen LogP contribution in [0.2, 0.25) is 0 Å². The van der Waals surface area contributed by atoms with Crippen molar-refractivity contribution >= 4 is 5.97 Å². The van der Waals surface area contributed by atoms with Gasteiger partial charge in [-0.2, -0.15) is 13.2 Å². The number of nitrogens with zero attached hydrogens (tertiary/aromatic N) is 1. The zero-order chi connectivity index (χ0) is 16.7. The van der Waals surface area contributed by atoms with Gasteiger partial charge >= 0.3 is 12.1 Å². The first kappa shape index (κ1) is 16.0. The highest BCUT2D eigenvalue weighted by Gasteiger charge is 2.53. The van der Waals surface area contributed by atoms with Crippen LogP contribution in [-0.4, -0.2) is 35.0 Å². The molecule has 126 valence electrons. The molecule has 0 spiro atoms. The van der Waals surface area contributed by atoms with Crippen LogP contribution in [-0.2, 0) is 9.53 Å². The number of carbonyl (C=O) groups is 1. The van der Waals surface area contributed by atoms with E-state index in [2.05, 4.69) is 10.3 Å². The second kappa shape index (κ2) is 5.67. The summed E-state index contributed by atoms with van der Waals surface area (Å²) in [6.07, 6.45) is -1.89. The summed E-state index contributed by atoms with van der Waals surface area (Å²) in [5.74, 6) is -1.75. The predicted octanol–water partition coefficient (Wildman–Crippen LogP) is 2.49. The fourth-order valence-electron chi connectivity index (χ4n) is 3.17. The molecule has 1 aromatic heterocycles. The van der Waals surface area contributed by atoms with Gasteiger partial charge in [-0.3, -0.25) is 5.32 Å². The molecule has 5 nitrogen and oxygen atoms in total. The lowest BCUT2D eigenvalue weighted by atomic mass is 9.99. The average molecular weight is 330 g/mol. The molecule has 1 aromatic rings. The van der Waals surface area contributed by atoms with E-state index in [0.717, 1.165) is 5.56 Å². The molecule has 2 aliphatic rings. The molecule has 2 aliphatic heterocycles. The van der Waals surface area contributed by atoms with E-state index in [4.69, 9.17) is 9.47 Å². The minimum Gasteiger partial charge on any atom is -0.474 e. The third kappa shape index (κ3) is 3.57. The molecule has 23 heavy (non-hydrogen) atoms. The topological polar surface area (TPSA) is 60.5 Å². The maximum absolute atomic E-state index is 12.5. The quantitative estimate of drug-likeness (QED) is 0.863. The van der Waals surface area contributed by atoms with E-state index in [-0.39, 0.29) is 18.6 Å². The SMILES string of the molecule is Cc1ccc(O[C@@H]2C[C@@H]3CC[C@@](OC(=O)C(F)(F)F)(C2)N3)nc1. The summed E-state index contributed by atoms with van der Waals surface area (Å²) >= 11 is 0. The normalized spacial score (nSPS) is 30.1. The third-order valence-corrected chi connectivity index (χ3v) is 4.16. The zero-order valence-corrected chi connectivity index (χ0v) is 12.5. The summed E-state index contributed by atoms with van der Waals surface area (Å²) in [4.78, 5) is 15.3. The third-order valence-electron chi connectivity index (χ3n) is 4.16. The van der Waals surface area contributed by atoms with Gasteiger partial charge in [-0.15, -0.1) is 0 Å². The standard InChI is InChI=1S/C15H17F3N2O3/c1-9-2-3-12(19-8-9)22-11-6-10-4-5-14(7-11,20-10)23-13(21)15(16,17)18/h2-3,8,10-11,20H,4-7H2,1H3/t10-,11+,14+/m0/s1. The van der Waals surface area contributed by atoms with Crippen molar-refractivity contribution in [2.75, 3.05) is 0 Å². The van der Waals surface area contributed by atoms with Crippen molar-refractivity contribution in [3.63, 3.8) is 0 Å². The van der Waals surface area contributed by atoms with E-state index >= 15 is 0 Å². The molecule has 0 aliphatic carbocycles. The molecule has 1 N–H and O–H groups in total. The molecule has 0 unspecified atom stereocenters. The van der Waals surface area contributed by atoms with Crippen LogP contribution in [0.15, 0.2) is 18.3 Å². The Bertz CT molecular complexity index is 591. The number of aryl methyl sites for hydroxylation is 1. The Morgan fingerprint density at radius 1 is 1.43 bits per heavy atom. The van der Waals surface area contributed by atoms with Crippen LogP contribution < -0.4 is 10.1 Å². The van der Waals surface area contributed by atoms with E-state index in [1.807, 2.05) is 13.0 Å². The number of pyridine rings is 1. The summed E-state index contributed by atoms with van der Waals surface area (Å²) in [6.45, 7) is 1.90. The van der Waals surface area contributed by atoms with Crippen molar-refractivity contribution in [3.8, 4) is 5.88 Å². The van der Waals surface area contributed by atoms with Crippen LogP contribution >= 0.6 is 0 Å². The number of hydrogen-bond donors (Lipinski definition) is 1. The fourth-order valence-corrected chi connectivity index (χ4v) is 3.17. The number of hydrogen-bond acceptors (Lipinski definition) is 5. The van der Waals surface area contributed by atoms with Crippen LogP contribution in [0.3, 0.4) is 0 Å². The lowest BCUT2D eigenvalue weighted by molar-refractivity contribution is -0.219. The van der Waals surface area contributed by atoms with E-state index < -0.39 is 17.9 Å². The number of carbonyl (C=O) groups excluding carboxylic acids is 1. The fraction of sp³-hybridized carbons (Fsp3) is 0.600. The van der Waals surface area contributed by atoms with Crippen LogP contribution in [0.4, 0.5) is 13.2 Å². The lowest BCUT2D eigenvalue weighted by Crippen LogP contribution is -2.56. The number of esters is 1. The summed E-state index contributed by atoms with van der Waals surface area (Å²) in [7, 11) is 0. The van der Waals surface area contributed by atoms with Gasteiger partial charge in [0, 0.05) is 37.6 Å². The second-order valence-electron chi connectivity index (χ2n) is 6.11. The van der Waals surface area contributed by atoms with Crippen molar-refractivity contribution < 1.29 is 27.4 Å². The number of rotatable bonds is 3. The van der Waals surface area contributed by atoms with Gasteiger partial charge in [-0.1, -0.05) is 6.07 Å². The maximum Gasteiger partial charge on any atom is 0.490 e. The van der Waals surface area contributed by atoms with E-state index in [1.54, 1.807) is 12.3 Å². The summed E-state index contributed by atoms with van der Waals surface area (Å²) in [6, 6.07) is 3.53. The van der Waals surface area contributed by atoms with Gasteiger partial charge in [0.15, 0.2) is 5.72 Å². The molecule has 3 atom stereocenters. The molecule has 3 rings (SSSR count). The Hall–Kier alpha value is -1.83. The van der Waals surface area contributed by atoms with Gasteiger partial charge in [-0.05, 0) is 18.9 Å². The molecular weight excluding hydrogens is 313 g/mol. The highest BCUT2D eigenvalue weighted by molar-refractivity contribution is 5.76. The van der Waals surface area contributed by atoms with Crippen LogP contribution in [0, 0.1) is 6.92 Å². The second-order valence-corrected chi connectivity index (χ2v) is 6.11. The van der Waals surface area contributed by atoms with Crippen LogP contribution in [0.25, 0.3) is 0 Å². The van der Waals surface area contributed by atoms with Gasteiger partial charge in [-0.25, -0.2) is 9.78 Å². The number of piperidine rings is 1. The van der Waals surface area contributed by atoms with E-state index in [9.17, 15) is 18.0 Å². The highest BCUT2D eigenvalue weighted by Crippen LogP contribution is 2.39. The van der Waals surface area contributed by atoms with Crippen LogP contribution in [0.5, 0.6) is 5.88 Å². The largest absolute Gasteiger partial charge is 0.490 e. The maximum atomic E-state index is 12.5. The molecule has 8 heteroatoms. The van der Waals surface area contributed by atoms with Crippen LogP contribution in [0.1, 0.15) is 31.2 Å². The molecule has 3 heterocycles. The molecule has 2 saturated heterocycles.